The van der Waals surface area contributed by atoms with E-state index in [1.807, 2.05) is 0 Å². The quantitative estimate of drug-likeness (QED) is 0.545. The van der Waals surface area contributed by atoms with Crippen LogP contribution in [0.3, 0.4) is 0 Å². The number of imidazole rings is 1. The van der Waals surface area contributed by atoms with Crippen molar-refractivity contribution in [1.82, 2.24) is 14.7 Å². The Kier molecular flexibility index (Phi) is 6.09. The summed E-state index contributed by atoms with van der Waals surface area (Å²) in [6.45, 7) is -2.28. The van der Waals surface area contributed by atoms with Gasteiger partial charge in [-0.2, -0.15) is 26.3 Å². The van der Waals surface area contributed by atoms with Gasteiger partial charge in [0.05, 0.1) is 6.61 Å². The van der Waals surface area contributed by atoms with Gasteiger partial charge in [-0.05, 0) is 25.1 Å². The van der Waals surface area contributed by atoms with Crippen LogP contribution in [0.4, 0.5) is 26.3 Å². The van der Waals surface area contributed by atoms with Gasteiger partial charge in [0.15, 0.2) is 12.1 Å². The van der Waals surface area contributed by atoms with Crippen LogP contribution < -0.4 is 10.1 Å². The maximum atomic E-state index is 13.2. The predicted octanol–water partition coefficient (Wildman–Crippen LogP) is 3.99. The second kappa shape index (κ2) is 8.34. The second-order valence-corrected chi connectivity index (χ2v) is 7.12. The van der Waals surface area contributed by atoms with E-state index in [1.54, 1.807) is 11.4 Å². The molecule has 1 atom stereocenters. The van der Waals surface area contributed by atoms with Crippen LogP contribution >= 0.6 is 0 Å². The normalized spacial score (nSPS) is 14.2. The van der Waals surface area contributed by atoms with Gasteiger partial charge in [-0.1, -0.05) is 18.2 Å². The third-order valence-corrected chi connectivity index (χ3v) is 4.62. The van der Waals surface area contributed by atoms with Crippen molar-refractivity contribution in [3.05, 3.63) is 54.5 Å². The van der Waals surface area contributed by atoms with E-state index in [2.05, 4.69) is 4.98 Å². The van der Waals surface area contributed by atoms with Gasteiger partial charge < -0.3 is 19.6 Å². The molecular formula is C20H17F6N3O3. The molecule has 2 heterocycles. The molecule has 0 aliphatic rings. The molecule has 0 spiro atoms. The molecule has 0 aliphatic carbocycles. The van der Waals surface area contributed by atoms with Crippen molar-refractivity contribution in [1.29, 1.82) is 0 Å². The summed E-state index contributed by atoms with van der Waals surface area (Å²) in [7, 11) is 0. The van der Waals surface area contributed by atoms with Gasteiger partial charge >= 0.3 is 12.4 Å². The number of carbonyl (C=O) groups excluding carboxylic acids is 1. The number of pyridine rings is 1. The number of aliphatic hydroxyl groups excluding tert-OH is 1. The Hall–Kier alpha value is -3.28. The highest BCUT2D eigenvalue weighted by Gasteiger charge is 2.52. The van der Waals surface area contributed by atoms with Crippen molar-refractivity contribution < 1.29 is 41.0 Å². The molecule has 6 nitrogen and oxygen atoms in total. The van der Waals surface area contributed by atoms with Gasteiger partial charge in [-0.15, -0.1) is 0 Å². The molecule has 3 aromatic rings. The first-order valence-electron chi connectivity index (χ1n) is 9.11. The zero-order valence-electron chi connectivity index (χ0n) is 16.5. The SMILES string of the molecule is C[C@@](CO)(NC(=O)c1cn2cccc(-c3ccccc3OCC(F)(F)F)c2n1)C(F)(F)F. The number of ether oxygens (including phenoxy) is 1. The van der Waals surface area contributed by atoms with Gasteiger partial charge in [0, 0.05) is 23.5 Å². The number of nitrogens with zero attached hydrogens (tertiary/aromatic N) is 2. The Balaban J connectivity index is 1.99. The number of hydrogen-bond donors (Lipinski definition) is 2. The fourth-order valence-electron chi connectivity index (χ4n) is 2.82. The van der Waals surface area contributed by atoms with Crippen molar-refractivity contribution in [2.45, 2.75) is 24.8 Å². The van der Waals surface area contributed by atoms with Crippen LogP contribution in [0.15, 0.2) is 48.8 Å². The Morgan fingerprint density at radius 3 is 2.38 bits per heavy atom. The molecule has 172 valence electrons. The number of aliphatic hydroxyl groups is 1. The summed E-state index contributed by atoms with van der Waals surface area (Å²) in [6, 6.07) is 8.91. The Labute approximate surface area is 177 Å². The topological polar surface area (TPSA) is 75.9 Å². The number of halogens is 6. The average Bonchev–Trinajstić information content (AvgIpc) is 3.15. The molecular weight excluding hydrogens is 444 g/mol. The molecule has 32 heavy (non-hydrogen) atoms. The molecule has 0 saturated carbocycles. The minimum Gasteiger partial charge on any atom is -0.483 e. The zero-order chi connectivity index (χ0) is 23.7. The number of nitrogens with one attached hydrogen (secondary N) is 1. The number of alkyl halides is 6. The second-order valence-electron chi connectivity index (χ2n) is 7.12. The fraction of sp³-hybridized carbons (Fsp3) is 0.300. The molecule has 3 rings (SSSR count). The Morgan fingerprint density at radius 2 is 1.75 bits per heavy atom. The van der Waals surface area contributed by atoms with Crippen LogP contribution in [0, 0.1) is 0 Å². The highest BCUT2D eigenvalue weighted by molar-refractivity contribution is 5.94. The van der Waals surface area contributed by atoms with Crippen LogP contribution in [0.1, 0.15) is 17.4 Å². The number of benzene rings is 1. The van der Waals surface area contributed by atoms with Crippen LogP contribution in [-0.4, -0.2) is 51.5 Å². The van der Waals surface area contributed by atoms with Crippen LogP contribution in [0.2, 0.25) is 0 Å². The highest BCUT2D eigenvalue weighted by atomic mass is 19.4. The van der Waals surface area contributed by atoms with Crippen molar-refractivity contribution in [3.8, 4) is 16.9 Å². The number of para-hydroxylation sites is 1. The van der Waals surface area contributed by atoms with Gasteiger partial charge in [0.2, 0.25) is 0 Å². The molecule has 0 radical (unpaired) electrons. The molecule has 2 aromatic heterocycles. The first-order chi connectivity index (χ1) is 14.8. The molecule has 0 unspecified atom stereocenters. The van der Waals surface area contributed by atoms with E-state index in [9.17, 15) is 31.1 Å². The van der Waals surface area contributed by atoms with Gasteiger partial charge in [0.1, 0.15) is 17.1 Å². The largest absolute Gasteiger partial charge is 0.483 e. The lowest BCUT2D eigenvalue weighted by atomic mass is 10.0. The minimum atomic E-state index is -4.92. The third kappa shape index (κ3) is 4.79. The summed E-state index contributed by atoms with van der Waals surface area (Å²) in [6.07, 6.45) is -6.84. The van der Waals surface area contributed by atoms with Crippen LogP contribution in [0.25, 0.3) is 16.8 Å². The van der Waals surface area contributed by atoms with Gasteiger partial charge in [0.25, 0.3) is 5.91 Å². The third-order valence-electron chi connectivity index (χ3n) is 4.62. The van der Waals surface area contributed by atoms with Gasteiger partial charge in [-0.25, -0.2) is 4.98 Å². The standard InChI is InChI=1S/C20H17F6N3O3/c1-18(10-30,20(24,25)26)28-17(31)14-9-29-8-4-6-13(16(29)27-14)12-5-2-3-7-15(12)32-11-19(21,22)23/h2-9,30H,10-11H2,1H3,(H,28,31)/t18-/m0/s1. The Bertz CT molecular complexity index is 1130. The molecule has 1 aromatic carbocycles. The number of fused-ring (bicyclic) bond motifs is 1. The predicted molar refractivity (Wildman–Crippen MR) is 101 cm³/mol. The molecule has 0 aliphatic heterocycles. The number of aromatic nitrogens is 2. The molecule has 2 N–H and O–H groups in total. The number of amides is 1. The Morgan fingerprint density at radius 1 is 1.09 bits per heavy atom. The summed E-state index contributed by atoms with van der Waals surface area (Å²) in [4.78, 5) is 16.5. The maximum Gasteiger partial charge on any atom is 0.422 e. The average molecular weight is 461 g/mol. The van der Waals surface area contributed by atoms with Crippen molar-refractivity contribution >= 4 is 11.6 Å². The monoisotopic (exact) mass is 461 g/mol. The van der Waals surface area contributed by atoms with Crippen LogP contribution in [-0.2, 0) is 0 Å². The highest BCUT2D eigenvalue weighted by Crippen LogP contribution is 2.34. The van der Waals surface area contributed by atoms with Crippen LogP contribution in [0.5, 0.6) is 5.75 Å². The van der Waals surface area contributed by atoms with Crippen molar-refractivity contribution in [3.63, 3.8) is 0 Å². The lowest BCUT2D eigenvalue weighted by Crippen LogP contribution is -2.59. The zero-order valence-corrected chi connectivity index (χ0v) is 16.5. The minimum absolute atomic E-state index is 0.0862. The van der Waals surface area contributed by atoms with E-state index in [0.29, 0.717) is 12.5 Å². The summed E-state index contributed by atoms with van der Waals surface area (Å²) in [5.74, 6) is -1.27. The summed E-state index contributed by atoms with van der Waals surface area (Å²) < 4.78 is 83.5. The summed E-state index contributed by atoms with van der Waals surface area (Å²) >= 11 is 0. The molecule has 1 amide bonds. The molecule has 0 bridgehead atoms. The summed E-state index contributed by atoms with van der Waals surface area (Å²) in [5, 5.41) is 10.9. The first kappa shape index (κ1) is 23.4. The van der Waals surface area contributed by atoms with E-state index >= 15 is 0 Å². The fourth-order valence-corrected chi connectivity index (χ4v) is 2.82. The summed E-state index contributed by atoms with van der Waals surface area (Å²) in [5.41, 5.74) is -2.62. The number of hydrogen-bond acceptors (Lipinski definition) is 4. The smallest absolute Gasteiger partial charge is 0.422 e. The van der Waals surface area contributed by atoms with Crippen molar-refractivity contribution in [2.75, 3.05) is 13.2 Å². The van der Waals surface area contributed by atoms with E-state index in [-0.39, 0.29) is 22.7 Å². The van der Waals surface area contributed by atoms with E-state index in [0.717, 1.165) is 0 Å². The van der Waals surface area contributed by atoms with Gasteiger partial charge in [-0.3, -0.25) is 4.79 Å². The van der Waals surface area contributed by atoms with Crippen molar-refractivity contribution in [2.24, 2.45) is 0 Å². The number of rotatable bonds is 6. The van der Waals surface area contributed by atoms with E-state index in [4.69, 9.17) is 9.84 Å². The number of carbonyl (C=O) groups is 1. The van der Waals surface area contributed by atoms with E-state index < -0.39 is 37.0 Å². The molecule has 0 saturated heterocycles. The molecule has 12 heteroatoms. The first-order valence-corrected chi connectivity index (χ1v) is 9.11. The maximum absolute atomic E-state index is 13.2. The molecule has 0 fully saturated rings. The lowest BCUT2D eigenvalue weighted by molar-refractivity contribution is -0.197. The lowest BCUT2D eigenvalue weighted by Gasteiger charge is -2.30. The van der Waals surface area contributed by atoms with E-state index in [1.165, 1.54) is 47.1 Å².